The number of hydrogen-bond acceptors (Lipinski definition) is 3. The highest BCUT2D eigenvalue weighted by atomic mass is 19.1. The standard InChI is InChI=1S/C15H24FN3/c1-3-9-17-12(2)14-8-4-5-11-19(14)15-13(16)7-6-10-18-15/h6-7,10,12,14,17H,3-5,8-9,11H2,1-2H3. The molecule has 2 heterocycles. The fourth-order valence-electron chi connectivity index (χ4n) is 2.84. The number of aromatic nitrogens is 1. The summed E-state index contributed by atoms with van der Waals surface area (Å²) in [5.74, 6) is 0.300. The van der Waals surface area contributed by atoms with Crippen molar-refractivity contribution in [3.05, 3.63) is 24.1 Å². The molecule has 4 heteroatoms. The molecule has 0 aromatic carbocycles. The lowest BCUT2D eigenvalue weighted by molar-refractivity contribution is 0.363. The highest BCUT2D eigenvalue weighted by Crippen LogP contribution is 2.26. The molecule has 1 saturated heterocycles. The second-order valence-electron chi connectivity index (χ2n) is 5.31. The van der Waals surface area contributed by atoms with Crippen molar-refractivity contribution in [3.8, 4) is 0 Å². The third kappa shape index (κ3) is 3.44. The Labute approximate surface area is 115 Å². The number of pyridine rings is 1. The van der Waals surface area contributed by atoms with Crippen LogP contribution in [0.25, 0.3) is 0 Å². The maximum atomic E-state index is 13.9. The first kappa shape index (κ1) is 14.3. The van der Waals surface area contributed by atoms with Crippen LogP contribution in [-0.2, 0) is 0 Å². The first-order valence-corrected chi connectivity index (χ1v) is 7.34. The minimum absolute atomic E-state index is 0.211. The number of rotatable bonds is 5. The van der Waals surface area contributed by atoms with Gasteiger partial charge in [0.05, 0.1) is 0 Å². The van der Waals surface area contributed by atoms with Crippen LogP contribution in [0.5, 0.6) is 0 Å². The lowest BCUT2D eigenvalue weighted by Gasteiger charge is -2.40. The van der Waals surface area contributed by atoms with Crippen molar-refractivity contribution in [1.82, 2.24) is 10.3 Å². The van der Waals surface area contributed by atoms with E-state index in [-0.39, 0.29) is 5.82 Å². The molecule has 1 aromatic heterocycles. The number of nitrogens with zero attached hydrogens (tertiary/aromatic N) is 2. The Kier molecular flexibility index (Phi) is 5.14. The summed E-state index contributed by atoms with van der Waals surface area (Å²) in [6.07, 6.45) is 6.23. The minimum atomic E-state index is -0.211. The molecule has 0 saturated carbocycles. The van der Waals surface area contributed by atoms with Crippen LogP contribution in [0.2, 0.25) is 0 Å². The van der Waals surface area contributed by atoms with Crippen molar-refractivity contribution in [2.24, 2.45) is 0 Å². The quantitative estimate of drug-likeness (QED) is 0.887. The lowest BCUT2D eigenvalue weighted by atomic mass is 9.96. The van der Waals surface area contributed by atoms with Crippen LogP contribution in [-0.4, -0.2) is 30.2 Å². The molecule has 2 rings (SSSR count). The van der Waals surface area contributed by atoms with Gasteiger partial charge in [-0.2, -0.15) is 0 Å². The smallest absolute Gasteiger partial charge is 0.165 e. The van der Waals surface area contributed by atoms with E-state index in [1.54, 1.807) is 12.3 Å². The molecule has 3 nitrogen and oxygen atoms in total. The maximum Gasteiger partial charge on any atom is 0.165 e. The zero-order chi connectivity index (χ0) is 13.7. The van der Waals surface area contributed by atoms with Crippen LogP contribution in [0, 0.1) is 5.82 Å². The van der Waals surface area contributed by atoms with Crippen LogP contribution < -0.4 is 10.2 Å². The molecule has 2 unspecified atom stereocenters. The van der Waals surface area contributed by atoms with Gasteiger partial charge in [-0.05, 0) is 51.3 Å². The van der Waals surface area contributed by atoms with E-state index in [1.807, 2.05) is 0 Å². The molecule has 0 spiro atoms. The van der Waals surface area contributed by atoms with Crippen molar-refractivity contribution in [3.63, 3.8) is 0 Å². The van der Waals surface area contributed by atoms with Crippen LogP contribution in [0.15, 0.2) is 18.3 Å². The minimum Gasteiger partial charge on any atom is -0.350 e. The molecule has 0 aliphatic carbocycles. The van der Waals surface area contributed by atoms with E-state index in [9.17, 15) is 4.39 Å². The van der Waals surface area contributed by atoms with E-state index in [4.69, 9.17) is 0 Å². The molecule has 106 valence electrons. The SMILES string of the molecule is CCCNC(C)C1CCCCN1c1ncccc1F. The zero-order valence-electron chi connectivity index (χ0n) is 11.9. The molecular formula is C15H24FN3. The molecule has 19 heavy (non-hydrogen) atoms. The molecule has 1 aromatic rings. The largest absolute Gasteiger partial charge is 0.350 e. The van der Waals surface area contributed by atoms with Crippen LogP contribution in [0.4, 0.5) is 10.2 Å². The van der Waals surface area contributed by atoms with E-state index < -0.39 is 0 Å². The number of hydrogen-bond donors (Lipinski definition) is 1. The third-order valence-electron chi connectivity index (χ3n) is 3.85. The molecule has 1 N–H and O–H groups in total. The van der Waals surface area contributed by atoms with E-state index in [0.29, 0.717) is 17.9 Å². The monoisotopic (exact) mass is 265 g/mol. The summed E-state index contributed by atoms with van der Waals surface area (Å²) in [6.45, 7) is 6.27. The van der Waals surface area contributed by atoms with Gasteiger partial charge in [-0.1, -0.05) is 6.92 Å². The molecule has 1 aliphatic heterocycles. The van der Waals surface area contributed by atoms with Crippen molar-refractivity contribution >= 4 is 5.82 Å². The van der Waals surface area contributed by atoms with Crippen LogP contribution in [0.1, 0.15) is 39.5 Å². The fraction of sp³-hybridized carbons (Fsp3) is 0.667. The van der Waals surface area contributed by atoms with Gasteiger partial charge in [-0.15, -0.1) is 0 Å². The van der Waals surface area contributed by atoms with Gasteiger partial charge in [0.25, 0.3) is 0 Å². The van der Waals surface area contributed by atoms with Gasteiger partial charge < -0.3 is 10.2 Å². The van der Waals surface area contributed by atoms with Gasteiger partial charge in [0, 0.05) is 24.8 Å². The van der Waals surface area contributed by atoms with Crippen molar-refractivity contribution in [2.45, 2.75) is 51.6 Å². The molecule has 0 amide bonds. The summed E-state index contributed by atoms with van der Waals surface area (Å²) in [6, 6.07) is 3.85. The predicted octanol–water partition coefficient (Wildman–Crippen LogP) is 2.97. The summed E-state index contributed by atoms with van der Waals surface area (Å²) in [5.41, 5.74) is 0. The molecular weight excluding hydrogens is 241 g/mol. The first-order valence-electron chi connectivity index (χ1n) is 7.34. The third-order valence-corrected chi connectivity index (χ3v) is 3.85. The number of anilines is 1. The van der Waals surface area contributed by atoms with Gasteiger partial charge in [0.2, 0.25) is 0 Å². The normalized spacial score (nSPS) is 21.4. The van der Waals surface area contributed by atoms with Gasteiger partial charge in [0.1, 0.15) is 0 Å². The van der Waals surface area contributed by atoms with E-state index in [1.165, 1.54) is 12.5 Å². The van der Waals surface area contributed by atoms with Crippen molar-refractivity contribution < 1.29 is 4.39 Å². The molecule has 2 atom stereocenters. The Morgan fingerprint density at radius 3 is 3.11 bits per heavy atom. The lowest BCUT2D eigenvalue weighted by Crippen LogP contribution is -2.52. The Bertz CT molecular complexity index is 397. The van der Waals surface area contributed by atoms with Gasteiger partial charge in [0.15, 0.2) is 11.6 Å². The Morgan fingerprint density at radius 2 is 2.37 bits per heavy atom. The average molecular weight is 265 g/mol. The number of piperidine rings is 1. The average Bonchev–Trinajstić information content (AvgIpc) is 2.45. The van der Waals surface area contributed by atoms with Gasteiger partial charge in [-0.25, -0.2) is 9.37 Å². The Hall–Kier alpha value is -1.16. The first-order chi connectivity index (χ1) is 9.24. The van der Waals surface area contributed by atoms with E-state index in [0.717, 1.165) is 32.4 Å². The molecule has 1 fully saturated rings. The summed E-state index contributed by atoms with van der Waals surface area (Å²) in [5, 5.41) is 3.53. The van der Waals surface area contributed by atoms with Crippen LogP contribution >= 0.6 is 0 Å². The molecule has 0 bridgehead atoms. The van der Waals surface area contributed by atoms with Gasteiger partial charge in [-0.3, -0.25) is 0 Å². The van der Waals surface area contributed by atoms with Crippen LogP contribution in [0.3, 0.4) is 0 Å². The predicted molar refractivity (Wildman–Crippen MR) is 76.9 cm³/mol. The second-order valence-corrected chi connectivity index (χ2v) is 5.31. The van der Waals surface area contributed by atoms with E-state index >= 15 is 0 Å². The van der Waals surface area contributed by atoms with Crippen molar-refractivity contribution in [1.29, 1.82) is 0 Å². The van der Waals surface area contributed by atoms with Gasteiger partial charge >= 0.3 is 0 Å². The topological polar surface area (TPSA) is 28.2 Å². The van der Waals surface area contributed by atoms with E-state index in [2.05, 4.69) is 29.0 Å². The fourth-order valence-corrected chi connectivity index (χ4v) is 2.84. The number of nitrogens with one attached hydrogen (secondary N) is 1. The summed E-state index contributed by atoms with van der Waals surface area (Å²) < 4.78 is 13.9. The summed E-state index contributed by atoms with van der Waals surface area (Å²) in [4.78, 5) is 6.38. The highest BCUT2D eigenvalue weighted by molar-refractivity contribution is 5.42. The Morgan fingerprint density at radius 1 is 1.53 bits per heavy atom. The zero-order valence-corrected chi connectivity index (χ0v) is 11.9. The Balaban J connectivity index is 2.14. The summed E-state index contributed by atoms with van der Waals surface area (Å²) in [7, 11) is 0. The maximum absolute atomic E-state index is 13.9. The molecule has 0 radical (unpaired) electrons. The van der Waals surface area contributed by atoms with Crippen molar-refractivity contribution in [2.75, 3.05) is 18.0 Å². The molecule has 1 aliphatic rings. The second kappa shape index (κ2) is 6.85. The summed E-state index contributed by atoms with van der Waals surface area (Å²) >= 11 is 0. The number of halogens is 1. The highest BCUT2D eigenvalue weighted by Gasteiger charge is 2.29.